The molecule has 0 aliphatic carbocycles. The summed E-state index contributed by atoms with van der Waals surface area (Å²) in [5, 5.41) is 12.4. The maximum Gasteiger partial charge on any atom is 0.258 e. The fourth-order valence-corrected chi connectivity index (χ4v) is 4.33. The fraction of sp³-hybridized carbons (Fsp3) is 0.0690. The Morgan fingerprint density at radius 3 is 2.26 bits per heavy atom. The maximum absolute atomic E-state index is 13.1. The van der Waals surface area contributed by atoms with Crippen molar-refractivity contribution < 1.29 is 9.59 Å². The van der Waals surface area contributed by atoms with Gasteiger partial charge in [0.05, 0.1) is 11.6 Å². The van der Waals surface area contributed by atoms with Gasteiger partial charge in [-0.1, -0.05) is 54.6 Å². The second-order valence-corrected chi connectivity index (χ2v) is 8.07. The van der Waals surface area contributed by atoms with E-state index in [1.165, 1.54) is 5.56 Å². The minimum Gasteiger partial charge on any atom is -0.322 e. The summed E-state index contributed by atoms with van der Waals surface area (Å²) in [7, 11) is 0. The highest BCUT2D eigenvalue weighted by Gasteiger charge is 2.25. The molecule has 4 aromatic rings. The van der Waals surface area contributed by atoms with Crippen LogP contribution in [0.1, 0.15) is 31.8 Å². The van der Waals surface area contributed by atoms with Crippen molar-refractivity contribution in [2.45, 2.75) is 6.42 Å². The number of amides is 2. The van der Waals surface area contributed by atoms with Crippen LogP contribution in [-0.4, -0.2) is 18.4 Å². The molecule has 5 nitrogen and oxygen atoms in total. The fourth-order valence-electron chi connectivity index (χ4n) is 4.33. The van der Waals surface area contributed by atoms with Gasteiger partial charge in [-0.05, 0) is 60.0 Å². The molecular weight excluding hydrogens is 422 g/mol. The number of nitriles is 1. The van der Waals surface area contributed by atoms with Gasteiger partial charge >= 0.3 is 0 Å². The van der Waals surface area contributed by atoms with Crippen LogP contribution in [0.2, 0.25) is 0 Å². The van der Waals surface area contributed by atoms with Crippen LogP contribution < -0.4 is 10.2 Å². The van der Waals surface area contributed by atoms with Crippen LogP contribution in [0.3, 0.4) is 0 Å². The first-order chi connectivity index (χ1) is 16.7. The van der Waals surface area contributed by atoms with E-state index in [-0.39, 0.29) is 11.8 Å². The summed E-state index contributed by atoms with van der Waals surface area (Å²) in [6.45, 7) is 0.664. The number of carbonyl (C=O) groups is 2. The molecule has 0 fully saturated rings. The first-order valence-corrected chi connectivity index (χ1v) is 11.1. The summed E-state index contributed by atoms with van der Waals surface area (Å²) in [4.78, 5) is 27.9. The van der Waals surface area contributed by atoms with E-state index < -0.39 is 0 Å². The number of nitrogens with zero attached hydrogens (tertiary/aromatic N) is 2. The molecular formula is C29H21N3O2. The van der Waals surface area contributed by atoms with Crippen LogP contribution in [0, 0.1) is 11.3 Å². The lowest BCUT2D eigenvalue weighted by Gasteiger charge is -2.17. The third-order valence-electron chi connectivity index (χ3n) is 6.03. The quantitative estimate of drug-likeness (QED) is 0.441. The standard InChI is InChI=1S/C29H21N3O2/c30-19-22-8-1-3-9-24(22)25-10-4-5-11-26(25)28(33)31-23-15-13-21(14-16-23)29(34)32-18-17-20-7-2-6-12-27(20)32/h1-16H,17-18H2,(H,31,33). The van der Waals surface area contributed by atoms with Crippen molar-refractivity contribution in [1.82, 2.24) is 0 Å². The van der Waals surface area contributed by atoms with E-state index in [1.54, 1.807) is 53.4 Å². The number of rotatable bonds is 4. The van der Waals surface area contributed by atoms with Crippen LogP contribution in [-0.2, 0) is 6.42 Å². The van der Waals surface area contributed by atoms with Gasteiger partial charge in [-0.25, -0.2) is 0 Å². The Labute approximate surface area is 197 Å². The largest absolute Gasteiger partial charge is 0.322 e. The van der Waals surface area contributed by atoms with E-state index in [0.717, 1.165) is 12.1 Å². The molecule has 2 amide bonds. The Hall–Kier alpha value is -4.69. The Bertz CT molecular complexity index is 1430. The van der Waals surface area contributed by atoms with Crippen LogP contribution in [0.25, 0.3) is 11.1 Å². The summed E-state index contributed by atoms with van der Waals surface area (Å²) in [5.74, 6) is -0.336. The molecule has 0 spiro atoms. The van der Waals surface area contributed by atoms with Crippen LogP contribution >= 0.6 is 0 Å². The number of para-hydroxylation sites is 1. The van der Waals surface area contributed by atoms with E-state index in [2.05, 4.69) is 11.4 Å². The average Bonchev–Trinajstić information content (AvgIpc) is 3.33. The van der Waals surface area contributed by atoms with Crippen molar-refractivity contribution in [3.8, 4) is 17.2 Å². The Kier molecular flexibility index (Phi) is 5.63. The van der Waals surface area contributed by atoms with Crippen molar-refractivity contribution in [3.63, 3.8) is 0 Å². The molecule has 1 aliphatic rings. The highest BCUT2D eigenvalue weighted by molar-refractivity contribution is 6.10. The number of hydrogen-bond donors (Lipinski definition) is 1. The second kappa shape index (κ2) is 9.05. The van der Waals surface area contributed by atoms with E-state index in [1.807, 2.05) is 48.5 Å². The van der Waals surface area contributed by atoms with Crippen molar-refractivity contribution in [2.75, 3.05) is 16.8 Å². The predicted octanol–water partition coefficient (Wildman–Crippen LogP) is 5.68. The first kappa shape index (κ1) is 21.2. The smallest absolute Gasteiger partial charge is 0.258 e. The van der Waals surface area contributed by atoms with Gasteiger partial charge in [-0.15, -0.1) is 0 Å². The first-order valence-electron chi connectivity index (χ1n) is 11.1. The lowest BCUT2D eigenvalue weighted by molar-refractivity contribution is 0.0988. The normalized spacial score (nSPS) is 12.0. The topological polar surface area (TPSA) is 73.2 Å². The molecule has 1 heterocycles. The highest BCUT2D eigenvalue weighted by atomic mass is 16.2. The van der Waals surface area contributed by atoms with E-state index in [0.29, 0.717) is 40.0 Å². The molecule has 34 heavy (non-hydrogen) atoms. The zero-order valence-electron chi connectivity index (χ0n) is 18.4. The van der Waals surface area contributed by atoms with Gasteiger partial charge in [-0.2, -0.15) is 5.26 Å². The molecule has 0 unspecified atom stereocenters. The van der Waals surface area contributed by atoms with E-state index >= 15 is 0 Å². The van der Waals surface area contributed by atoms with Crippen molar-refractivity contribution >= 4 is 23.2 Å². The molecule has 0 aromatic heterocycles. The third-order valence-corrected chi connectivity index (χ3v) is 6.03. The van der Waals surface area contributed by atoms with Crippen molar-refractivity contribution in [3.05, 3.63) is 119 Å². The van der Waals surface area contributed by atoms with Gasteiger partial charge in [0.15, 0.2) is 0 Å². The van der Waals surface area contributed by atoms with Crippen LogP contribution in [0.5, 0.6) is 0 Å². The van der Waals surface area contributed by atoms with Crippen molar-refractivity contribution in [2.24, 2.45) is 0 Å². The van der Waals surface area contributed by atoms with E-state index in [4.69, 9.17) is 0 Å². The zero-order valence-corrected chi connectivity index (χ0v) is 18.4. The van der Waals surface area contributed by atoms with Gasteiger partial charge in [-0.3, -0.25) is 9.59 Å². The minimum atomic E-state index is -0.282. The highest BCUT2D eigenvalue weighted by Crippen LogP contribution is 2.30. The monoisotopic (exact) mass is 443 g/mol. The lowest BCUT2D eigenvalue weighted by atomic mass is 9.95. The summed E-state index contributed by atoms with van der Waals surface area (Å²) in [6, 6.07) is 31.5. The molecule has 5 heteroatoms. The molecule has 0 bridgehead atoms. The molecule has 4 aromatic carbocycles. The minimum absolute atomic E-state index is 0.0544. The second-order valence-electron chi connectivity index (χ2n) is 8.07. The maximum atomic E-state index is 13.1. The van der Waals surface area contributed by atoms with E-state index in [9.17, 15) is 14.9 Å². The SMILES string of the molecule is N#Cc1ccccc1-c1ccccc1C(=O)Nc1ccc(C(=O)N2CCc3ccccc32)cc1. The molecule has 5 rings (SSSR count). The number of fused-ring (bicyclic) bond motifs is 1. The van der Waals surface area contributed by atoms with Gasteiger partial charge in [0.2, 0.25) is 0 Å². The number of anilines is 2. The summed E-state index contributed by atoms with van der Waals surface area (Å²) in [5.41, 5.74) is 5.67. The van der Waals surface area contributed by atoms with Gasteiger partial charge in [0, 0.05) is 34.6 Å². The lowest BCUT2D eigenvalue weighted by Crippen LogP contribution is -2.28. The third kappa shape index (κ3) is 3.94. The Balaban J connectivity index is 1.35. The molecule has 164 valence electrons. The Morgan fingerprint density at radius 1 is 0.794 bits per heavy atom. The molecule has 0 saturated heterocycles. The predicted molar refractivity (Wildman–Crippen MR) is 133 cm³/mol. The summed E-state index contributed by atoms with van der Waals surface area (Å²) >= 11 is 0. The molecule has 0 saturated carbocycles. The number of benzene rings is 4. The molecule has 0 atom stereocenters. The number of carbonyl (C=O) groups excluding carboxylic acids is 2. The summed E-state index contributed by atoms with van der Waals surface area (Å²) in [6.07, 6.45) is 0.852. The van der Waals surface area contributed by atoms with Gasteiger partial charge < -0.3 is 10.2 Å². The van der Waals surface area contributed by atoms with Crippen LogP contribution in [0.4, 0.5) is 11.4 Å². The van der Waals surface area contributed by atoms with Crippen molar-refractivity contribution in [1.29, 1.82) is 5.26 Å². The molecule has 0 radical (unpaired) electrons. The number of hydrogen-bond acceptors (Lipinski definition) is 3. The van der Waals surface area contributed by atoms with Crippen LogP contribution in [0.15, 0.2) is 97.1 Å². The zero-order chi connectivity index (χ0) is 23.5. The van der Waals surface area contributed by atoms with Gasteiger partial charge in [0.25, 0.3) is 11.8 Å². The van der Waals surface area contributed by atoms with Gasteiger partial charge in [0.1, 0.15) is 0 Å². The molecule has 1 N–H and O–H groups in total. The average molecular weight is 444 g/mol. The Morgan fingerprint density at radius 2 is 1.47 bits per heavy atom. The number of nitrogens with one attached hydrogen (secondary N) is 1. The molecule has 1 aliphatic heterocycles. The summed E-state index contributed by atoms with van der Waals surface area (Å²) < 4.78 is 0.